The molecule has 1 aromatic carbocycles. The van der Waals surface area contributed by atoms with Crippen molar-refractivity contribution in [1.29, 1.82) is 0 Å². The molecule has 0 spiro atoms. The fraction of sp³-hybridized carbons (Fsp3) is 0.556. The van der Waals surface area contributed by atoms with Crippen LogP contribution < -0.4 is 0 Å². The van der Waals surface area contributed by atoms with Crippen molar-refractivity contribution in [1.82, 2.24) is 0 Å². The van der Waals surface area contributed by atoms with Gasteiger partial charge in [0.1, 0.15) is 6.10 Å². The highest BCUT2D eigenvalue weighted by Crippen LogP contribution is 2.32. The summed E-state index contributed by atoms with van der Waals surface area (Å²) in [7, 11) is 0. The summed E-state index contributed by atoms with van der Waals surface area (Å²) in [5.41, 5.74) is 0.134. The Hall–Kier alpha value is -1.84. The van der Waals surface area contributed by atoms with E-state index in [9.17, 15) is 14.7 Å². The van der Waals surface area contributed by atoms with E-state index in [1.165, 1.54) is 31.4 Å². The maximum absolute atomic E-state index is 12.4. The van der Waals surface area contributed by atoms with Gasteiger partial charge in [-0.3, -0.25) is 0 Å². The molecule has 0 bridgehead atoms. The van der Waals surface area contributed by atoms with Gasteiger partial charge >= 0.3 is 11.9 Å². The van der Waals surface area contributed by atoms with Gasteiger partial charge in [0, 0.05) is 0 Å². The lowest BCUT2D eigenvalue weighted by Gasteiger charge is -2.32. The van der Waals surface area contributed by atoms with Crippen molar-refractivity contribution >= 4 is 11.9 Å². The fourth-order valence-corrected chi connectivity index (χ4v) is 3.27. The molecule has 0 heterocycles. The lowest BCUT2D eigenvalue weighted by atomic mass is 9.81. The molecule has 1 aliphatic carbocycles. The summed E-state index contributed by atoms with van der Waals surface area (Å²) in [6, 6.07) is 6.23. The number of ether oxygens (including phenoxy) is 1. The van der Waals surface area contributed by atoms with Crippen LogP contribution in [-0.4, -0.2) is 23.1 Å². The van der Waals surface area contributed by atoms with Gasteiger partial charge in [-0.25, -0.2) is 9.59 Å². The minimum atomic E-state index is -1.11. The van der Waals surface area contributed by atoms with Gasteiger partial charge in [-0.05, 0) is 36.8 Å². The Morgan fingerprint density at radius 1 is 1.09 bits per heavy atom. The molecular weight excluding hydrogens is 280 g/mol. The van der Waals surface area contributed by atoms with Crippen LogP contribution in [0.1, 0.15) is 66.7 Å². The van der Waals surface area contributed by atoms with E-state index >= 15 is 0 Å². The second kappa shape index (κ2) is 7.43. The maximum atomic E-state index is 12.4. The van der Waals surface area contributed by atoms with Crippen LogP contribution in [0.25, 0.3) is 0 Å². The number of rotatable bonds is 5. The van der Waals surface area contributed by atoms with Crippen molar-refractivity contribution < 1.29 is 19.4 Å². The highest BCUT2D eigenvalue weighted by atomic mass is 16.5. The van der Waals surface area contributed by atoms with Crippen molar-refractivity contribution in [3.8, 4) is 0 Å². The van der Waals surface area contributed by atoms with Gasteiger partial charge in [0.05, 0.1) is 11.1 Å². The molecule has 1 aromatic rings. The maximum Gasteiger partial charge on any atom is 0.339 e. The van der Waals surface area contributed by atoms with Crippen molar-refractivity contribution in [3.63, 3.8) is 0 Å². The number of benzene rings is 1. The SMILES string of the molecule is CC(C)[C@H](OC(=O)c1ccccc1C(=O)O)C1CCCCC1. The fourth-order valence-electron chi connectivity index (χ4n) is 3.27. The van der Waals surface area contributed by atoms with Crippen LogP contribution in [0.3, 0.4) is 0 Å². The van der Waals surface area contributed by atoms with Gasteiger partial charge in [-0.15, -0.1) is 0 Å². The molecule has 0 amide bonds. The minimum absolute atomic E-state index is 0.00125. The van der Waals surface area contributed by atoms with Gasteiger partial charge in [-0.1, -0.05) is 45.2 Å². The number of esters is 1. The van der Waals surface area contributed by atoms with Gasteiger partial charge in [0.25, 0.3) is 0 Å². The quantitative estimate of drug-likeness (QED) is 0.830. The predicted molar refractivity (Wildman–Crippen MR) is 84.0 cm³/mol. The Balaban J connectivity index is 2.16. The van der Waals surface area contributed by atoms with Crippen molar-refractivity contribution in [2.45, 2.75) is 52.1 Å². The Morgan fingerprint density at radius 3 is 2.23 bits per heavy atom. The van der Waals surface area contributed by atoms with Gasteiger partial charge in [0.2, 0.25) is 0 Å². The first kappa shape index (κ1) is 16.5. The molecule has 4 nitrogen and oxygen atoms in total. The first-order valence-electron chi connectivity index (χ1n) is 8.04. The van der Waals surface area contributed by atoms with E-state index in [0.717, 1.165) is 12.8 Å². The van der Waals surface area contributed by atoms with Crippen molar-refractivity contribution in [2.24, 2.45) is 11.8 Å². The first-order chi connectivity index (χ1) is 10.5. The summed E-state index contributed by atoms with van der Waals surface area (Å²) in [6.07, 6.45) is 5.62. The molecule has 0 radical (unpaired) electrons. The van der Waals surface area contributed by atoms with Crippen LogP contribution >= 0.6 is 0 Å². The van der Waals surface area contributed by atoms with Crippen LogP contribution in [0.2, 0.25) is 0 Å². The lowest BCUT2D eigenvalue weighted by Crippen LogP contribution is -2.33. The Bertz CT molecular complexity index is 530. The highest BCUT2D eigenvalue weighted by molar-refractivity contribution is 6.02. The Morgan fingerprint density at radius 2 is 1.68 bits per heavy atom. The number of hydrogen-bond acceptors (Lipinski definition) is 3. The van der Waals surface area contributed by atoms with Gasteiger partial charge < -0.3 is 9.84 Å². The topological polar surface area (TPSA) is 63.6 Å². The van der Waals surface area contributed by atoms with E-state index in [1.807, 2.05) is 0 Å². The first-order valence-corrected chi connectivity index (χ1v) is 8.04. The highest BCUT2D eigenvalue weighted by Gasteiger charge is 2.30. The van der Waals surface area contributed by atoms with Gasteiger partial charge in [-0.2, -0.15) is 0 Å². The number of carboxylic acid groups (broad SMARTS) is 1. The normalized spacial score (nSPS) is 17.2. The number of carboxylic acids is 1. The average molecular weight is 304 g/mol. The van der Waals surface area contributed by atoms with Crippen molar-refractivity contribution in [3.05, 3.63) is 35.4 Å². The summed E-state index contributed by atoms with van der Waals surface area (Å²) < 4.78 is 5.73. The number of carbonyl (C=O) groups excluding carboxylic acids is 1. The van der Waals surface area contributed by atoms with Gasteiger partial charge in [0.15, 0.2) is 0 Å². The number of hydrogen-bond donors (Lipinski definition) is 1. The van der Waals surface area contributed by atoms with E-state index in [0.29, 0.717) is 5.92 Å². The molecule has 1 atom stereocenters. The summed E-state index contributed by atoms with van der Waals surface area (Å²) in [5, 5.41) is 9.20. The molecular formula is C18H24O4. The van der Waals surface area contributed by atoms with Crippen molar-refractivity contribution in [2.75, 3.05) is 0 Å². The summed E-state index contributed by atoms with van der Waals surface area (Å²) in [6.45, 7) is 4.10. The number of aromatic carboxylic acids is 1. The van der Waals surface area contributed by atoms with E-state index in [-0.39, 0.29) is 23.1 Å². The zero-order valence-corrected chi connectivity index (χ0v) is 13.2. The minimum Gasteiger partial charge on any atom is -0.478 e. The zero-order chi connectivity index (χ0) is 16.1. The third-order valence-corrected chi connectivity index (χ3v) is 4.39. The molecule has 0 aliphatic heterocycles. The zero-order valence-electron chi connectivity index (χ0n) is 13.2. The molecule has 1 N–H and O–H groups in total. The van der Waals surface area contributed by atoms with Crippen LogP contribution in [0.5, 0.6) is 0 Å². The molecule has 0 unspecified atom stereocenters. The van der Waals surface area contributed by atoms with Crippen LogP contribution in [0, 0.1) is 11.8 Å². The average Bonchev–Trinajstić information content (AvgIpc) is 2.52. The third kappa shape index (κ3) is 3.87. The monoisotopic (exact) mass is 304 g/mol. The lowest BCUT2D eigenvalue weighted by molar-refractivity contribution is -0.00981. The van der Waals surface area contributed by atoms with E-state index in [4.69, 9.17) is 4.74 Å². The van der Waals surface area contributed by atoms with Crippen LogP contribution in [-0.2, 0) is 4.74 Å². The Kier molecular flexibility index (Phi) is 5.58. The summed E-state index contributed by atoms with van der Waals surface area (Å²) in [5.74, 6) is -1.02. The van der Waals surface area contributed by atoms with E-state index < -0.39 is 11.9 Å². The van der Waals surface area contributed by atoms with E-state index in [1.54, 1.807) is 12.1 Å². The van der Waals surface area contributed by atoms with Crippen LogP contribution in [0.15, 0.2) is 24.3 Å². The molecule has 2 rings (SSSR count). The third-order valence-electron chi connectivity index (χ3n) is 4.39. The second-order valence-electron chi connectivity index (χ2n) is 6.36. The molecule has 1 saturated carbocycles. The predicted octanol–water partition coefficient (Wildman–Crippen LogP) is 4.15. The summed E-state index contributed by atoms with van der Waals surface area (Å²) >= 11 is 0. The summed E-state index contributed by atoms with van der Waals surface area (Å²) in [4.78, 5) is 23.7. The standard InChI is InChI=1S/C18H24O4/c1-12(2)16(13-8-4-3-5-9-13)22-18(21)15-11-7-6-10-14(15)17(19)20/h6-7,10-13,16H,3-5,8-9H2,1-2H3,(H,19,20)/t16-/m0/s1. The molecule has 22 heavy (non-hydrogen) atoms. The number of carbonyl (C=O) groups is 2. The van der Waals surface area contributed by atoms with Crippen LogP contribution in [0.4, 0.5) is 0 Å². The molecule has 120 valence electrons. The molecule has 1 aliphatic rings. The molecule has 0 aromatic heterocycles. The Labute approximate surface area is 131 Å². The smallest absolute Gasteiger partial charge is 0.339 e. The molecule has 0 saturated heterocycles. The largest absolute Gasteiger partial charge is 0.478 e. The molecule has 4 heteroatoms. The van der Waals surface area contributed by atoms with E-state index in [2.05, 4.69) is 13.8 Å². The second-order valence-corrected chi connectivity index (χ2v) is 6.36. The molecule has 1 fully saturated rings.